The van der Waals surface area contributed by atoms with Crippen LogP contribution < -0.4 is 0 Å². The van der Waals surface area contributed by atoms with Crippen LogP contribution in [0, 0.1) is 12.1 Å². The Kier molecular flexibility index (Phi) is 0.913. The fourth-order valence-electron chi connectivity index (χ4n) is 0.304. The molecule has 1 aromatic carbocycles. The predicted molar refractivity (Wildman–Crippen MR) is 24.1 cm³/mol. The predicted octanol–water partition coefficient (Wildman–Crippen LogP) is 1.29. The van der Waals surface area contributed by atoms with Gasteiger partial charge in [-0.2, -0.15) is 0 Å². The Balaban J connectivity index is 3.00. The lowest BCUT2D eigenvalue weighted by molar-refractivity contribution is 1.68. The van der Waals surface area contributed by atoms with Gasteiger partial charge in [0.05, 0.1) is 0 Å². The third-order valence-corrected chi connectivity index (χ3v) is 0.552. The van der Waals surface area contributed by atoms with Gasteiger partial charge in [0.25, 0.3) is 0 Å². The average molecular weight is 76.1 g/mol. The zero-order valence-electron chi connectivity index (χ0n) is 3.31. The van der Waals surface area contributed by atoms with Crippen LogP contribution >= 0.6 is 0 Å². The Bertz CT molecular complexity index is 72.0. The van der Waals surface area contributed by atoms with Gasteiger partial charge in [0.2, 0.25) is 0 Å². The minimum absolute atomic E-state index is 1.75. The molecule has 0 nitrogen and oxygen atoms in total. The lowest BCUT2D eigenvalue weighted by Crippen LogP contribution is -1.50. The highest BCUT2D eigenvalue weighted by Crippen LogP contribution is 1.77. The van der Waals surface area contributed by atoms with Gasteiger partial charge in [-0.05, 0) is 0 Å². The monoisotopic (exact) mass is 76.0 g/mol. The van der Waals surface area contributed by atoms with E-state index in [0.29, 0.717) is 0 Å². The zero-order chi connectivity index (χ0) is 4.24. The minimum Gasteiger partial charge on any atom is -0.359 e. The van der Waals surface area contributed by atoms with Crippen molar-refractivity contribution < 1.29 is 0 Å². The molecule has 0 heteroatoms. The number of rotatable bonds is 0. The Morgan fingerprint density at radius 2 is 1.67 bits per heavy atom. The molecule has 0 aliphatic carbocycles. The molecule has 0 aliphatic rings. The first kappa shape index (κ1) is 3.41. The van der Waals surface area contributed by atoms with Crippen LogP contribution in [0.2, 0.25) is 0 Å². The molecule has 0 spiro atoms. The van der Waals surface area contributed by atoms with Gasteiger partial charge in [0.15, 0.2) is 0 Å². The van der Waals surface area contributed by atoms with Crippen LogP contribution in [0.15, 0.2) is 24.3 Å². The molecule has 0 aromatic heterocycles. The Hall–Kier alpha value is -0.780. The van der Waals surface area contributed by atoms with E-state index >= 15 is 0 Å². The van der Waals surface area contributed by atoms with Crippen molar-refractivity contribution in [3.05, 3.63) is 36.4 Å². The molecule has 0 heterocycles. The Morgan fingerprint density at radius 3 is 1.83 bits per heavy atom. The maximum atomic E-state index is 2.84. The minimum atomic E-state index is 1.75. The maximum Gasteiger partial charge on any atom is -0.288 e. The fraction of sp³-hybridized carbons (Fsp3) is 0. The topological polar surface area (TPSA) is 0 Å². The summed E-state index contributed by atoms with van der Waals surface area (Å²) in [6, 6.07) is 13.0. The van der Waals surface area contributed by atoms with Crippen molar-refractivity contribution in [3.63, 3.8) is 0 Å². The molecule has 0 aliphatic heterocycles. The van der Waals surface area contributed by atoms with Gasteiger partial charge in [-0.3, -0.25) is 18.2 Å². The highest BCUT2D eigenvalue weighted by molar-refractivity contribution is 4.95. The van der Waals surface area contributed by atoms with Gasteiger partial charge in [-0.15, -0.1) is 0 Å². The lowest BCUT2D eigenvalue weighted by atomic mass is 10.4. The molecule has 0 fully saturated rings. The van der Waals surface area contributed by atoms with Crippen molar-refractivity contribution >= 4 is 0 Å². The van der Waals surface area contributed by atoms with E-state index in [4.69, 9.17) is 0 Å². The van der Waals surface area contributed by atoms with Crippen molar-refractivity contribution in [3.8, 4) is 0 Å². The normalized spacial score (nSPS) is 8.00. The van der Waals surface area contributed by atoms with Crippen molar-refractivity contribution in [2.75, 3.05) is 0 Å². The van der Waals surface area contributed by atoms with Gasteiger partial charge in [0, 0.05) is 0 Å². The molecule has 1 rings (SSSR count). The van der Waals surface area contributed by atoms with Crippen molar-refractivity contribution in [2.24, 2.45) is 0 Å². The quantitative estimate of drug-likeness (QED) is 0.408. The molecule has 0 bridgehead atoms. The molecule has 0 saturated heterocycles. The first-order valence-electron chi connectivity index (χ1n) is 1.82. The van der Waals surface area contributed by atoms with Crippen LogP contribution in [0.4, 0.5) is 0 Å². The number of hydrogen-bond acceptors (Lipinski definition) is 0. The standard InChI is InChI=1S/C6H4/c1-2-4-6-5-3-1/h1-3,6H/q-2. The van der Waals surface area contributed by atoms with Crippen LogP contribution in [0.5, 0.6) is 0 Å². The highest BCUT2D eigenvalue weighted by atomic mass is 13.6. The van der Waals surface area contributed by atoms with E-state index in [2.05, 4.69) is 12.1 Å². The zero-order valence-corrected chi connectivity index (χ0v) is 3.31. The second-order valence-electron chi connectivity index (χ2n) is 1.00. The molecule has 6 heavy (non-hydrogen) atoms. The molecule has 0 radical (unpaired) electrons. The van der Waals surface area contributed by atoms with E-state index in [1.807, 2.05) is 18.2 Å². The van der Waals surface area contributed by atoms with Gasteiger partial charge in [0.1, 0.15) is 0 Å². The van der Waals surface area contributed by atoms with Crippen molar-refractivity contribution in [2.45, 2.75) is 0 Å². The summed E-state index contributed by atoms with van der Waals surface area (Å²) in [5.41, 5.74) is 0. The van der Waals surface area contributed by atoms with Gasteiger partial charge < -0.3 is 18.2 Å². The largest absolute Gasteiger partial charge is 0.359 e. The summed E-state index contributed by atoms with van der Waals surface area (Å²) in [7, 11) is 0. The fourth-order valence-corrected chi connectivity index (χ4v) is 0.304. The third kappa shape index (κ3) is 0.582. The van der Waals surface area contributed by atoms with Crippen LogP contribution in [0.25, 0.3) is 0 Å². The molecule has 30 valence electrons. The van der Waals surface area contributed by atoms with E-state index in [0.717, 1.165) is 0 Å². The summed E-state index contributed by atoms with van der Waals surface area (Å²) in [5.74, 6) is 0. The third-order valence-electron chi connectivity index (χ3n) is 0.552. The van der Waals surface area contributed by atoms with E-state index in [-0.39, 0.29) is 0 Å². The SMILES string of the molecule is [c-]1c[c-]ccc1. The average Bonchev–Trinajstić information content (AvgIpc) is 1.72. The summed E-state index contributed by atoms with van der Waals surface area (Å²) in [5, 5.41) is 0. The molecule has 0 saturated carbocycles. The van der Waals surface area contributed by atoms with Gasteiger partial charge in [-0.1, -0.05) is 0 Å². The molecular formula is C6H4-2. The molecule has 1 aromatic rings. The summed E-state index contributed by atoms with van der Waals surface area (Å²) in [6.45, 7) is 0. The summed E-state index contributed by atoms with van der Waals surface area (Å²) >= 11 is 0. The second kappa shape index (κ2) is 1.61. The van der Waals surface area contributed by atoms with Gasteiger partial charge in [-0.25, -0.2) is 0 Å². The molecule has 0 N–H and O–H groups in total. The Labute approximate surface area is 37.4 Å². The molecule has 0 amide bonds. The maximum absolute atomic E-state index is 2.84. The van der Waals surface area contributed by atoms with Crippen LogP contribution in [0.3, 0.4) is 0 Å². The van der Waals surface area contributed by atoms with Crippen molar-refractivity contribution in [1.82, 2.24) is 0 Å². The van der Waals surface area contributed by atoms with E-state index < -0.39 is 0 Å². The second-order valence-corrected chi connectivity index (χ2v) is 1.00. The number of benzene rings is 1. The van der Waals surface area contributed by atoms with E-state index in [1.54, 1.807) is 6.07 Å². The summed E-state index contributed by atoms with van der Waals surface area (Å²) < 4.78 is 0. The first-order valence-corrected chi connectivity index (χ1v) is 1.82. The first-order chi connectivity index (χ1) is 3.00. The van der Waals surface area contributed by atoms with Crippen LogP contribution in [-0.2, 0) is 0 Å². The molecule has 0 atom stereocenters. The van der Waals surface area contributed by atoms with Gasteiger partial charge >= 0.3 is 0 Å². The lowest BCUT2D eigenvalue weighted by Gasteiger charge is -1.95. The number of hydrogen-bond donors (Lipinski definition) is 0. The van der Waals surface area contributed by atoms with E-state index in [9.17, 15) is 0 Å². The van der Waals surface area contributed by atoms with Crippen LogP contribution in [0.1, 0.15) is 0 Å². The van der Waals surface area contributed by atoms with E-state index in [1.165, 1.54) is 0 Å². The Morgan fingerprint density at radius 1 is 1.00 bits per heavy atom. The molecule has 0 unspecified atom stereocenters. The molecular weight excluding hydrogens is 72.1 g/mol. The summed E-state index contributed by atoms with van der Waals surface area (Å²) in [6.07, 6.45) is 0. The van der Waals surface area contributed by atoms with Crippen molar-refractivity contribution in [1.29, 1.82) is 0 Å². The smallest absolute Gasteiger partial charge is 0.288 e. The van der Waals surface area contributed by atoms with Crippen LogP contribution in [-0.4, -0.2) is 0 Å². The summed E-state index contributed by atoms with van der Waals surface area (Å²) in [4.78, 5) is 0. The highest BCUT2D eigenvalue weighted by Gasteiger charge is 1.32.